The van der Waals surface area contributed by atoms with Crippen molar-refractivity contribution in [2.24, 2.45) is 5.73 Å². The monoisotopic (exact) mass is 313 g/mol. The van der Waals surface area contributed by atoms with Gasteiger partial charge in [0.1, 0.15) is 11.3 Å². The van der Waals surface area contributed by atoms with Gasteiger partial charge in [-0.25, -0.2) is 17.6 Å². The largest absolute Gasteiger partial charge is 0.365 e. The van der Waals surface area contributed by atoms with E-state index in [1.807, 2.05) is 6.92 Å². The van der Waals surface area contributed by atoms with Crippen LogP contribution >= 0.6 is 0 Å². The Hall–Kier alpha value is -2.64. The Labute approximate surface area is 123 Å². The second kappa shape index (κ2) is 6.00. The van der Waals surface area contributed by atoms with E-state index in [9.17, 15) is 22.4 Å². The molecule has 22 heavy (non-hydrogen) atoms. The highest BCUT2D eigenvalue weighted by Crippen LogP contribution is 2.30. The molecule has 8 heteroatoms. The van der Waals surface area contributed by atoms with Crippen LogP contribution in [-0.4, -0.2) is 10.9 Å². The van der Waals surface area contributed by atoms with Gasteiger partial charge in [-0.1, -0.05) is 6.92 Å². The third kappa shape index (κ3) is 2.72. The van der Waals surface area contributed by atoms with Crippen molar-refractivity contribution in [3.8, 4) is 0 Å². The van der Waals surface area contributed by atoms with Gasteiger partial charge in [-0.3, -0.25) is 9.78 Å². The maximum atomic E-state index is 13.9. The molecule has 2 aromatic rings. The molecule has 0 radical (unpaired) electrons. The quantitative estimate of drug-likeness (QED) is 0.673. The molecule has 0 saturated heterocycles. The number of hydrogen-bond donors (Lipinski definition) is 2. The number of amides is 1. The number of nitrogens with two attached hydrogens (primary N) is 1. The Morgan fingerprint density at radius 2 is 1.73 bits per heavy atom. The van der Waals surface area contributed by atoms with Crippen LogP contribution in [0.3, 0.4) is 0 Å². The zero-order chi connectivity index (χ0) is 16.4. The van der Waals surface area contributed by atoms with Crippen molar-refractivity contribution in [1.82, 2.24) is 4.98 Å². The molecule has 0 saturated carbocycles. The Morgan fingerprint density at radius 1 is 1.14 bits per heavy atom. The Bertz CT molecular complexity index is 720. The van der Waals surface area contributed by atoms with Crippen LogP contribution in [0.25, 0.3) is 0 Å². The number of nitrogens with one attached hydrogen (secondary N) is 1. The van der Waals surface area contributed by atoms with E-state index in [4.69, 9.17) is 5.73 Å². The summed E-state index contributed by atoms with van der Waals surface area (Å²) in [6.07, 6.45) is 3.38. The predicted molar refractivity (Wildman–Crippen MR) is 71.7 cm³/mol. The zero-order valence-corrected chi connectivity index (χ0v) is 11.4. The molecule has 0 spiro atoms. The lowest BCUT2D eigenvalue weighted by molar-refractivity contribution is 0.0990. The van der Waals surface area contributed by atoms with Crippen LogP contribution in [0.4, 0.5) is 28.9 Å². The summed E-state index contributed by atoms with van der Waals surface area (Å²) in [6.45, 7) is 1.84. The molecule has 3 N–H and O–H groups in total. The van der Waals surface area contributed by atoms with E-state index in [1.54, 1.807) is 0 Å². The second-order valence-electron chi connectivity index (χ2n) is 4.43. The van der Waals surface area contributed by atoms with Crippen molar-refractivity contribution in [3.63, 3.8) is 0 Å². The number of aryl methyl sites for hydroxylation is 1. The number of rotatable bonds is 4. The Kier molecular flexibility index (Phi) is 4.30. The third-order valence-electron chi connectivity index (χ3n) is 2.98. The van der Waals surface area contributed by atoms with Crippen molar-refractivity contribution in [2.45, 2.75) is 13.3 Å². The van der Waals surface area contributed by atoms with Gasteiger partial charge in [0.25, 0.3) is 5.91 Å². The van der Waals surface area contributed by atoms with Gasteiger partial charge in [-0.2, -0.15) is 0 Å². The fourth-order valence-corrected chi connectivity index (χ4v) is 1.85. The van der Waals surface area contributed by atoms with Crippen LogP contribution in [-0.2, 0) is 6.42 Å². The van der Waals surface area contributed by atoms with Crippen molar-refractivity contribution in [2.75, 3.05) is 5.32 Å². The number of hydrogen-bond acceptors (Lipinski definition) is 3. The smallest absolute Gasteiger partial charge is 0.254 e. The van der Waals surface area contributed by atoms with E-state index in [-0.39, 0.29) is 5.69 Å². The molecule has 1 aromatic carbocycles. The number of aromatic nitrogens is 1. The standard InChI is InChI=1S/C14H11F4N3O/c1-2-6-3-7(5-20-4-6)21-13-11(17)9(15)8(14(19)22)10(16)12(13)18/h3-5,21H,2H2,1H3,(H2,19,22). The third-order valence-corrected chi connectivity index (χ3v) is 2.98. The van der Waals surface area contributed by atoms with Crippen LogP contribution in [0.2, 0.25) is 0 Å². The highest BCUT2D eigenvalue weighted by molar-refractivity contribution is 5.94. The average molecular weight is 313 g/mol. The minimum absolute atomic E-state index is 0.141. The zero-order valence-electron chi connectivity index (χ0n) is 11.4. The van der Waals surface area contributed by atoms with Crippen molar-refractivity contribution < 1.29 is 22.4 Å². The van der Waals surface area contributed by atoms with Crippen molar-refractivity contribution >= 4 is 17.3 Å². The first-order valence-electron chi connectivity index (χ1n) is 6.23. The second-order valence-corrected chi connectivity index (χ2v) is 4.43. The Balaban J connectivity index is 2.54. The maximum Gasteiger partial charge on any atom is 0.254 e. The van der Waals surface area contributed by atoms with Gasteiger partial charge in [0.2, 0.25) is 0 Å². The molecule has 0 fully saturated rings. The number of primary amides is 1. The van der Waals surface area contributed by atoms with Gasteiger partial charge in [0.05, 0.1) is 11.9 Å². The maximum absolute atomic E-state index is 13.9. The number of halogens is 4. The van der Waals surface area contributed by atoms with Crippen LogP contribution in [0.5, 0.6) is 0 Å². The molecular formula is C14H11F4N3O. The number of pyridine rings is 1. The highest BCUT2D eigenvalue weighted by atomic mass is 19.2. The Morgan fingerprint density at radius 3 is 2.23 bits per heavy atom. The first-order valence-corrected chi connectivity index (χ1v) is 6.23. The minimum atomic E-state index is -1.85. The van der Waals surface area contributed by atoms with Crippen LogP contribution < -0.4 is 11.1 Å². The van der Waals surface area contributed by atoms with Gasteiger partial charge in [0, 0.05) is 6.20 Å². The summed E-state index contributed by atoms with van der Waals surface area (Å²) in [6, 6.07) is 1.52. The number of benzene rings is 1. The lowest BCUT2D eigenvalue weighted by atomic mass is 10.1. The fourth-order valence-electron chi connectivity index (χ4n) is 1.85. The molecule has 116 valence electrons. The summed E-state index contributed by atoms with van der Waals surface area (Å²) in [7, 11) is 0. The van der Waals surface area contributed by atoms with Gasteiger partial charge in [0.15, 0.2) is 23.3 Å². The SMILES string of the molecule is CCc1cncc(Nc2c(F)c(F)c(C(N)=O)c(F)c2F)c1. The minimum Gasteiger partial charge on any atom is -0.365 e. The molecule has 4 nitrogen and oxygen atoms in total. The molecular weight excluding hydrogens is 302 g/mol. The van der Waals surface area contributed by atoms with Gasteiger partial charge in [-0.05, 0) is 18.1 Å². The topological polar surface area (TPSA) is 68.0 Å². The molecule has 2 rings (SSSR count). The lowest BCUT2D eigenvalue weighted by Gasteiger charge is -2.12. The highest BCUT2D eigenvalue weighted by Gasteiger charge is 2.28. The summed E-state index contributed by atoms with van der Waals surface area (Å²) < 4.78 is 55.0. The molecule has 1 heterocycles. The first kappa shape index (κ1) is 15.7. The summed E-state index contributed by atoms with van der Waals surface area (Å²) in [4.78, 5) is 14.7. The molecule has 1 amide bonds. The van der Waals surface area contributed by atoms with Gasteiger partial charge < -0.3 is 11.1 Å². The summed E-state index contributed by atoms with van der Waals surface area (Å²) in [5.41, 5.74) is 3.09. The number of nitrogens with zero attached hydrogens (tertiary/aromatic N) is 1. The molecule has 0 aliphatic rings. The molecule has 0 bridgehead atoms. The average Bonchev–Trinajstić information content (AvgIpc) is 2.49. The first-order chi connectivity index (χ1) is 10.4. The van der Waals surface area contributed by atoms with Crippen LogP contribution in [0, 0.1) is 23.3 Å². The van der Waals surface area contributed by atoms with E-state index in [2.05, 4.69) is 10.3 Å². The van der Waals surface area contributed by atoms with E-state index < -0.39 is 40.4 Å². The number of anilines is 2. The van der Waals surface area contributed by atoms with E-state index >= 15 is 0 Å². The van der Waals surface area contributed by atoms with E-state index in [0.29, 0.717) is 6.42 Å². The van der Waals surface area contributed by atoms with Crippen LogP contribution in [0.15, 0.2) is 18.5 Å². The lowest BCUT2D eigenvalue weighted by Crippen LogP contribution is -2.19. The summed E-state index contributed by atoms with van der Waals surface area (Å²) in [5, 5.41) is 2.22. The van der Waals surface area contributed by atoms with Crippen molar-refractivity contribution in [3.05, 3.63) is 52.9 Å². The fraction of sp³-hybridized carbons (Fsp3) is 0.143. The van der Waals surface area contributed by atoms with Gasteiger partial charge >= 0.3 is 0 Å². The number of carbonyl (C=O) groups is 1. The summed E-state index contributed by atoms with van der Waals surface area (Å²) in [5.74, 6) is -8.79. The number of carbonyl (C=O) groups excluding carboxylic acids is 1. The van der Waals surface area contributed by atoms with E-state index in [0.717, 1.165) is 5.56 Å². The normalized spacial score (nSPS) is 10.6. The molecule has 0 aliphatic carbocycles. The van der Waals surface area contributed by atoms with E-state index in [1.165, 1.54) is 18.5 Å². The molecule has 1 aromatic heterocycles. The predicted octanol–water partition coefficient (Wildman–Crippen LogP) is 3.04. The van der Waals surface area contributed by atoms with Gasteiger partial charge in [-0.15, -0.1) is 0 Å². The van der Waals surface area contributed by atoms with Crippen LogP contribution in [0.1, 0.15) is 22.8 Å². The van der Waals surface area contributed by atoms with Crippen molar-refractivity contribution in [1.29, 1.82) is 0 Å². The molecule has 0 atom stereocenters. The molecule has 0 unspecified atom stereocenters. The molecule has 0 aliphatic heterocycles. The summed E-state index contributed by atoms with van der Waals surface area (Å²) >= 11 is 0.